The molecule has 2 N–H and O–H groups in total. The lowest BCUT2D eigenvalue weighted by Gasteiger charge is -2.30. The number of ether oxygens (including phenoxy) is 1. The molecule has 1 fully saturated rings. The number of morpholine rings is 1. The fourth-order valence-corrected chi connectivity index (χ4v) is 1.98. The Morgan fingerprint density at radius 3 is 2.42 bits per heavy atom. The molecule has 0 radical (unpaired) electrons. The van der Waals surface area contributed by atoms with Gasteiger partial charge >= 0.3 is 6.18 Å². The van der Waals surface area contributed by atoms with Gasteiger partial charge in [0.1, 0.15) is 0 Å². The summed E-state index contributed by atoms with van der Waals surface area (Å²) in [5.74, 6) is -0.741. The SMILES string of the molecule is NC(=O)c1ccc(C(F)(F)F)cc1N1CCOCC1. The lowest BCUT2D eigenvalue weighted by atomic mass is 10.1. The first-order valence-corrected chi connectivity index (χ1v) is 5.73. The normalized spacial score (nSPS) is 16.5. The van der Waals surface area contributed by atoms with Crippen LogP contribution in [0.4, 0.5) is 18.9 Å². The molecule has 7 heteroatoms. The van der Waals surface area contributed by atoms with E-state index in [1.165, 1.54) is 0 Å². The zero-order chi connectivity index (χ0) is 14.0. The third-order valence-corrected chi connectivity index (χ3v) is 2.94. The smallest absolute Gasteiger partial charge is 0.378 e. The van der Waals surface area contributed by atoms with Crippen LogP contribution in [0, 0.1) is 0 Å². The monoisotopic (exact) mass is 274 g/mol. The first kappa shape index (κ1) is 13.7. The number of carbonyl (C=O) groups is 1. The van der Waals surface area contributed by atoms with E-state index >= 15 is 0 Å². The Bertz CT molecular complexity index is 482. The molecular formula is C12H13F3N2O2. The molecule has 1 amide bonds. The van der Waals surface area contributed by atoms with E-state index in [0.29, 0.717) is 26.3 Å². The van der Waals surface area contributed by atoms with Gasteiger partial charge in [0.25, 0.3) is 5.91 Å². The van der Waals surface area contributed by atoms with Crippen molar-refractivity contribution < 1.29 is 22.7 Å². The number of primary amides is 1. The predicted molar refractivity (Wildman–Crippen MR) is 63.0 cm³/mol. The topological polar surface area (TPSA) is 55.6 Å². The average molecular weight is 274 g/mol. The standard InChI is InChI=1S/C12H13F3N2O2/c13-12(14,15)8-1-2-9(11(16)18)10(7-8)17-3-5-19-6-4-17/h1-2,7H,3-6H2,(H2,16,18). The summed E-state index contributed by atoms with van der Waals surface area (Å²) in [7, 11) is 0. The van der Waals surface area contributed by atoms with Gasteiger partial charge in [-0.25, -0.2) is 0 Å². The van der Waals surface area contributed by atoms with Crippen molar-refractivity contribution in [3.8, 4) is 0 Å². The van der Waals surface area contributed by atoms with Crippen molar-refractivity contribution in [3.63, 3.8) is 0 Å². The first-order valence-electron chi connectivity index (χ1n) is 5.73. The van der Waals surface area contributed by atoms with E-state index in [2.05, 4.69) is 0 Å². The van der Waals surface area contributed by atoms with Gasteiger partial charge in [-0.2, -0.15) is 13.2 Å². The molecule has 1 saturated heterocycles. The number of nitrogens with two attached hydrogens (primary N) is 1. The van der Waals surface area contributed by atoms with Crippen molar-refractivity contribution in [1.82, 2.24) is 0 Å². The number of alkyl halides is 3. The maximum absolute atomic E-state index is 12.7. The van der Waals surface area contributed by atoms with Crippen LogP contribution < -0.4 is 10.6 Å². The molecule has 1 aliphatic heterocycles. The molecule has 1 aliphatic rings. The third-order valence-electron chi connectivity index (χ3n) is 2.94. The lowest BCUT2D eigenvalue weighted by Crippen LogP contribution is -2.37. The second kappa shape index (κ2) is 5.08. The van der Waals surface area contributed by atoms with Crippen LogP contribution in [0.5, 0.6) is 0 Å². The summed E-state index contributed by atoms with van der Waals surface area (Å²) >= 11 is 0. The minimum absolute atomic E-state index is 0.0925. The number of amides is 1. The number of benzene rings is 1. The van der Waals surface area contributed by atoms with Gasteiger partial charge < -0.3 is 15.4 Å². The Morgan fingerprint density at radius 2 is 1.89 bits per heavy atom. The summed E-state index contributed by atoms with van der Waals surface area (Å²) < 4.78 is 43.3. The molecule has 0 aliphatic carbocycles. The number of anilines is 1. The van der Waals surface area contributed by atoms with Gasteiger partial charge in [-0.3, -0.25) is 4.79 Å². The molecule has 4 nitrogen and oxygen atoms in total. The van der Waals surface area contributed by atoms with Crippen LogP contribution >= 0.6 is 0 Å². The predicted octanol–water partition coefficient (Wildman–Crippen LogP) is 1.64. The second-order valence-corrected chi connectivity index (χ2v) is 4.19. The van der Waals surface area contributed by atoms with E-state index in [9.17, 15) is 18.0 Å². The Labute approximate surface area is 107 Å². The molecule has 1 aromatic carbocycles. The molecule has 1 heterocycles. The molecular weight excluding hydrogens is 261 g/mol. The van der Waals surface area contributed by atoms with E-state index in [0.717, 1.165) is 18.2 Å². The van der Waals surface area contributed by atoms with Gasteiger partial charge in [0.05, 0.1) is 30.0 Å². The highest BCUT2D eigenvalue weighted by Crippen LogP contribution is 2.33. The van der Waals surface area contributed by atoms with Crippen molar-refractivity contribution in [1.29, 1.82) is 0 Å². The van der Waals surface area contributed by atoms with E-state index < -0.39 is 17.6 Å². The van der Waals surface area contributed by atoms with Crippen LogP contribution in [-0.2, 0) is 10.9 Å². The van der Waals surface area contributed by atoms with Gasteiger partial charge in [-0.1, -0.05) is 0 Å². The van der Waals surface area contributed by atoms with Gasteiger partial charge in [0.2, 0.25) is 0 Å². The molecule has 0 atom stereocenters. The average Bonchev–Trinajstić information content (AvgIpc) is 2.38. The minimum Gasteiger partial charge on any atom is -0.378 e. The number of halogens is 3. The Hall–Kier alpha value is -1.76. The molecule has 1 aromatic rings. The van der Waals surface area contributed by atoms with Crippen LogP contribution in [0.25, 0.3) is 0 Å². The van der Waals surface area contributed by atoms with E-state index in [-0.39, 0.29) is 11.3 Å². The molecule has 2 rings (SSSR count). The minimum atomic E-state index is -4.45. The maximum atomic E-state index is 12.7. The number of hydrogen-bond acceptors (Lipinski definition) is 3. The number of nitrogens with zero attached hydrogens (tertiary/aromatic N) is 1. The summed E-state index contributed by atoms with van der Waals surface area (Å²) in [4.78, 5) is 13.0. The fraction of sp³-hybridized carbons (Fsp3) is 0.417. The van der Waals surface area contributed by atoms with Crippen LogP contribution in [-0.4, -0.2) is 32.2 Å². The van der Waals surface area contributed by atoms with Crippen molar-refractivity contribution in [2.24, 2.45) is 5.73 Å². The fourth-order valence-electron chi connectivity index (χ4n) is 1.98. The van der Waals surface area contributed by atoms with Gasteiger partial charge in [-0.05, 0) is 18.2 Å². The van der Waals surface area contributed by atoms with E-state index in [1.54, 1.807) is 4.90 Å². The maximum Gasteiger partial charge on any atom is 0.416 e. The molecule has 0 unspecified atom stereocenters. The second-order valence-electron chi connectivity index (χ2n) is 4.19. The largest absolute Gasteiger partial charge is 0.416 e. The molecule has 104 valence electrons. The molecule has 0 saturated carbocycles. The molecule has 0 bridgehead atoms. The van der Waals surface area contributed by atoms with Crippen molar-refractivity contribution in [2.45, 2.75) is 6.18 Å². The molecule has 0 spiro atoms. The highest BCUT2D eigenvalue weighted by molar-refractivity contribution is 5.98. The first-order chi connectivity index (χ1) is 8.89. The highest BCUT2D eigenvalue weighted by atomic mass is 19.4. The third kappa shape index (κ3) is 2.98. The summed E-state index contributed by atoms with van der Waals surface area (Å²) in [5.41, 5.74) is 4.72. The van der Waals surface area contributed by atoms with Gasteiger partial charge in [0.15, 0.2) is 0 Å². The number of rotatable bonds is 2. The highest BCUT2D eigenvalue weighted by Gasteiger charge is 2.32. The van der Waals surface area contributed by atoms with Crippen molar-refractivity contribution >= 4 is 11.6 Å². The lowest BCUT2D eigenvalue weighted by molar-refractivity contribution is -0.137. The van der Waals surface area contributed by atoms with E-state index in [4.69, 9.17) is 10.5 Å². The summed E-state index contributed by atoms with van der Waals surface area (Å²) in [6.45, 7) is 1.69. The zero-order valence-electron chi connectivity index (χ0n) is 10.0. The Kier molecular flexibility index (Phi) is 3.66. The van der Waals surface area contributed by atoms with Crippen LogP contribution in [0.3, 0.4) is 0 Å². The number of hydrogen-bond donors (Lipinski definition) is 1. The van der Waals surface area contributed by atoms with Crippen LogP contribution in [0.15, 0.2) is 18.2 Å². The van der Waals surface area contributed by atoms with Gasteiger partial charge in [0, 0.05) is 13.1 Å². The Balaban J connectivity index is 2.44. The quantitative estimate of drug-likeness (QED) is 0.892. The Morgan fingerprint density at radius 1 is 1.26 bits per heavy atom. The summed E-state index contributed by atoms with van der Waals surface area (Å²) in [6.07, 6.45) is -4.45. The summed E-state index contributed by atoms with van der Waals surface area (Å²) in [5, 5.41) is 0. The van der Waals surface area contributed by atoms with Crippen LogP contribution in [0.2, 0.25) is 0 Å². The number of carbonyl (C=O) groups excluding carboxylic acids is 1. The summed E-state index contributed by atoms with van der Waals surface area (Å²) in [6, 6.07) is 2.95. The van der Waals surface area contributed by atoms with Crippen LogP contribution in [0.1, 0.15) is 15.9 Å². The van der Waals surface area contributed by atoms with E-state index in [1.807, 2.05) is 0 Å². The molecule has 0 aromatic heterocycles. The van der Waals surface area contributed by atoms with Gasteiger partial charge in [-0.15, -0.1) is 0 Å². The van der Waals surface area contributed by atoms with Crippen molar-refractivity contribution in [2.75, 3.05) is 31.2 Å². The van der Waals surface area contributed by atoms with Crippen molar-refractivity contribution in [3.05, 3.63) is 29.3 Å². The molecule has 19 heavy (non-hydrogen) atoms. The zero-order valence-corrected chi connectivity index (χ0v) is 10.0.